The lowest BCUT2D eigenvalue weighted by Crippen LogP contribution is -2.29. The minimum atomic E-state index is -1.06. The molecule has 162 valence electrons. The van der Waals surface area contributed by atoms with Gasteiger partial charge < -0.3 is 15.2 Å². The highest BCUT2D eigenvalue weighted by Crippen LogP contribution is 2.34. The van der Waals surface area contributed by atoms with Crippen LogP contribution in [0.5, 0.6) is 0 Å². The molecule has 1 unspecified atom stereocenters. The Hall–Kier alpha value is -2.62. The molecular weight excluding hydrogens is 434 g/mol. The van der Waals surface area contributed by atoms with Gasteiger partial charge in [-0.05, 0) is 36.1 Å². The van der Waals surface area contributed by atoms with Gasteiger partial charge in [-0.25, -0.2) is 9.59 Å². The zero-order valence-corrected chi connectivity index (χ0v) is 18.7. The van der Waals surface area contributed by atoms with E-state index in [1.807, 2.05) is 12.3 Å². The highest BCUT2D eigenvalue weighted by Gasteiger charge is 2.27. The number of aliphatic carboxylic acids is 1. The maximum absolute atomic E-state index is 12.3. The number of fused-ring (bicyclic) bond motifs is 1. The summed E-state index contributed by atoms with van der Waals surface area (Å²) in [5, 5.41) is 13.3. The molecule has 0 aromatic carbocycles. The Balaban J connectivity index is 1.48. The summed E-state index contributed by atoms with van der Waals surface area (Å²) in [5.74, 6) is -1.51. The van der Waals surface area contributed by atoms with Crippen LogP contribution >= 0.6 is 23.1 Å². The van der Waals surface area contributed by atoms with Crippen LogP contribution in [0.25, 0.3) is 0 Å². The molecule has 2 aromatic rings. The van der Waals surface area contributed by atoms with Crippen LogP contribution in [0, 0.1) is 0 Å². The Morgan fingerprint density at radius 1 is 1.42 bits per heavy atom. The van der Waals surface area contributed by atoms with Crippen LogP contribution in [-0.4, -0.2) is 45.8 Å². The monoisotopic (exact) mass is 457 g/mol. The Morgan fingerprint density at radius 2 is 2.29 bits per heavy atom. The summed E-state index contributed by atoms with van der Waals surface area (Å²) in [5.41, 5.74) is 3.02. The normalized spacial score (nSPS) is 18.8. The Labute approximate surface area is 188 Å². The molecule has 2 aliphatic rings. The van der Waals surface area contributed by atoms with Crippen LogP contribution in [-0.2, 0) is 40.3 Å². The average Bonchev–Trinajstić information content (AvgIpc) is 3.04. The van der Waals surface area contributed by atoms with Crippen molar-refractivity contribution in [2.75, 3.05) is 13.7 Å². The van der Waals surface area contributed by atoms with E-state index >= 15 is 0 Å². The van der Waals surface area contributed by atoms with Gasteiger partial charge in [-0.2, -0.15) is 0 Å². The second-order valence-electron chi connectivity index (χ2n) is 7.38. The Bertz CT molecular complexity index is 1030. The quantitative estimate of drug-likeness (QED) is 0.640. The standard InChI is InChI=1S/C22H23N3O4S2/c1-29-22(28)17-10-24-18(21(26)27)13-30-20(17)8-16-7-15-12-25(6-4-19(15)31-16)11-14-3-2-5-23-9-14/h2-3,5,7,9-10,13,20,24H,4,6,8,11-12H2,1H3,(H,26,27). The molecule has 4 heterocycles. The van der Waals surface area contributed by atoms with Gasteiger partial charge in [0.2, 0.25) is 0 Å². The minimum Gasteiger partial charge on any atom is -0.477 e. The van der Waals surface area contributed by atoms with Gasteiger partial charge in [0, 0.05) is 58.6 Å². The van der Waals surface area contributed by atoms with Gasteiger partial charge in [-0.3, -0.25) is 9.88 Å². The van der Waals surface area contributed by atoms with E-state index in [1.165, 1.54) is 46.0 Å². The molecule has 0 bridgehead atoms. The van der Waals surface area contributed by atoms with Gasteiger partial charge in [0.1, 0.15) is 5.70 Å². The largest absolute Gasteiger partial charge is 0.477 e. The zero-order chi connectivity index (χ0) is 21.8. The van der Waals surface area contributed by atoms with Gasteiger partial charge in [0.05, 0.1) is 12.7 Å². The first kappa shape index (κ1) is 21.6. The molecule has 0 spiro atoms. The number of carbonyl (C=O) groups is 2. The first-order chi connectivity index (χ1) is 15.0. The zero-order valence-electron chi connectivity index (χ0n) is 17.0. The number of thiophene rings is 1. The van der Waals surface area contributed by atoms with Crippen molar-refractivity contribution >= 4 is 35.0 Å². The summed E-state index contributed by atoms with van der Waals surface area (Å²) in [4.78, 5) is 32.8. The van der Waals surface area contributed by atoms with Gasteiger partial charge in [-0.1, -0.05) is 6.07 Å². The number of carboxylic acids is 1. The lowest BCUT2D eigenvalue weighted by Gasteiger charge is -2.26. The van der Waals surface area contributed by atoms with Gasteiger partial charge in [-0.15, -0.1) is 23.1 Å². The number of esters is 1. The van der Waals surface area contributed by atoms with Crippen LogP contribution < -0.4 is 5.32 Å². The first-order valence-electron chi connectivity index (χ1n) is 9.89. The fourth-order valence-electron chi connectivity index (χ4n) is 3.71. The number of pyridine rings is 1. The van der Waals surface area contributed by atoms with Crippen LogP contribution in [0.15, 0.2) is 53.5 Å². The molecule has 0 aliphatic carbocycles. The smallest absolute Gasteiger partial charge is 0.352 e. The van der Waals surface area contributed by atoms with Crippen molar-refractivity contribution < 1.29 is 19.4 Å². The van der Waals surface area contributed by atoms with E-state index < -0.39 is 11.9 Å². The van der Waals surface area contributed by atoms with Crippen molar-refractivity contribution in [2.45, 2.75) is 31.2 Å². The van der Waals surface area contributed by atoms with Crippen LogP contribution in [0.4, 0.5) is 0 Å². The summed E-state index contributed by atoms with van der Waals surface area (Å²) in [6, 6.07) is 6.28. The lowest BCUT2D eigenvalue weighted by atomic mass is 10.1. The van der Waals surface area contributed by atoms with Gasteiger partial charge in [0.15, 0.2) is 0 Å². The number of thioether (sulfide) groups is 1. The summed E-state index contributed by atoms with van der Waals surface area (Å²) < 4.78 is 4.92. The number of nitrogens with zero attached hydrogens (tertiary/aromatic N) is 2. The van der Waals surface area contributed by atoms with Crippen LogP contribution in [0.1, 0.15) is 20.9 Å². The highest BCUT2D eigenvalue weighted by molar-refractivity contribution is 8.03. The van der Waals surface area contributed by atoms with Crippen molar-refractivity contribution in [1.29, 1.82) is 0 Å². The van der Waals surface area contributed by atoms with E-state index in [4.69, 9.17) is 4.74 Å². The summed E-state index contributed by atoms with van der Waals surface area (Å²) in [6.07, 6.45) is 6.79. The van der Waals surface area contributed by atoms with Crippen molar-refractivity contribution in [3.05, 3.63) is 74.4 Å². The number of carboxylic acid groups (broad SMARTS) is 1. The predicted molar refractivity (Wildman–Crippen MR) is 120 cm³/mol. The molecule has 2 aliphatic heterocycles. The van der Waals surface area contributed by atoms with Crippen LogP contribution in [0.3, 0.4) is 0 Å². The van der Waals surface area contributed by atoms with E-state index in [1.54, 1.807) is 22.9 Å². The number of carbonyl (C=O) groups excluding carboxylic acids is 1. The topological polar surface area (TPSA) is 91.8 Å². The molecule has 0 saturated heterocycles. The first-order valence-corrected chi connectivity index (χ1v) is 11.6. The number of nitrogens with one attached hydrogen (secondary N) is 1. The SMILES string of the molecule is COC(=O)C1=CNC(C(=O)O)=CSC1Cc1cc2c(s1)CCN(Cc1cccnc1)C2. The number of rotatable bonds is 6. The highest BCUT2D eigenvalue weighted by atomic mass is 32.2. The summed E-state index contributed by atoms with van der Waals surface area (Å²) >= 11 is 3.11. The molecule has 31 heavy (non-hydrogen) atoms. The third kappa shape index (κ3) is 5.17. The molecule has 1 atom stereocenters. The van der Waals surface area contributed by atoms with E-state index in [9.17, 15) is 14.7 Å². The minimum absolute atomic E-state index is 0.0467. The molecule has 2 aromatic heterocycles. The molecule has 4 rings (SSSR count). The van der Waals surface area contributed by atoms with Gasteiger partial charge in [0.25, 0.3) is 0 Å². The summed E-state index contributed by atoms with van der Waals surface area (Å²) in [7, 11) is 1.34. The second kappa shape index (κ2) is 9.67. The lowest BCUT2D eigenvalue weighted by molar-refractivity contribution is -0.136. The van der Waals surface area contributed by atoms with E-state index in [0.717, 1.165) is 26.1 Å². The average molecular weight is 458 g/mol. The Kier molecular flexibility index (Phi) is 6.74. The predicted octanol–water partition coefficient (Wildman–Crippen LogP) is 2.93. The fourth-order valence-corrected chi connectivity index (χ4v) is 6.08. The number of methoxy groups -OCH3 is 1. The number of hydrogen-bond acceptors (Lipinski definition) is 8. The molecule has 0 radical (unpaired) electrons. The third-order valence-corrected chi connectivity index (χ3v) is 7.62. The maximum Gasteiger partial charge on any atom is 0.352 e. The number of hydrogen-bond donors (Lipinski definition) is 2. The molecule has 7 nitrogen and oxygen atoms in total. The van der Waals surface area contributed by atoms with Crippen molar-refractivity contribution in [2.24, 2.45) is 0 Å². The molecule has 2 N–H and O–H groups in total. The summed E-state index contributed by atoms with van der Waals surface area (Å²) in [6.45, 7) is 2.77. The van der Waals surface area contributed by atoms with E-state index in [0.29, 0.717) is 12.0 Å². The fraction of sp³-hybridized carbons (Fsp3) is 0.318. The van der Waals surface area contributed by atoms with Crippen molar-refractivity contribution in [3.63, 3.8) is 0 Å². The molecule has 0 amide bonds. The van der Waals surface area contributed by atoms with Crippen molar-refractivity contribution in [1.82, 2.24) is 15.2 Å². The Morgan fingerprint density at radius 3 is 3.03 bits per heavy atom. The maximum atomic E-state index is 12.3. The van der Waals surface area contributed by atoms with Crippen LogP contribution in [0.2, 0.25) is 0 Å². The number of ether oxygens (including phenoxy) is 1. The molecule has 9 heteroatoms. The van der Waals surface area contributed by atoms with Crippen molar-refractivity contribution in [3.8, 4) is 0 Å². The molecule has 0 fully saturated rings. The second-order valence-corrected chi connectivity index (χ2v) is 9.68. The molecular formula is C22H23N3O4S2. The van der Waals surface area contributed by atoms with E-state index in [2.05, 4.69) is 27.3 Å². The van der Waals surface area contributed by atoms with Gasteiger partial charge >= 0.3 is 11.9 Å². The number of aromatic nitrogens is 1. The van der Waals surface area contributed by atoms with E-state index in [-0.39, 0.29) is 10.9 Å². The third-order valence-electron chi connectivity index (χ3n) is 5.24. The molecule has 0 saturated carbocycles.